The van der Waals surface area contributed by atoms with E-state index < -0.39 is 5.97 Å². The molecule has 2 fully saturated rings. The van der Waals surface area contributed by atoms with Crippen LogP contribution in [0.1, 0.15) is 55.8 Å². The van der Waals surface area contributed by atoms with Gasteiger partial charge >= 0.3 is 5.97 Å². The van der Waals surface area contributed by atoms with E-state index >= 15 is 0 Å². The molecule has 28 heavy (non-hydrogen) atoms. The summed E-state index contributed by atoms with van der Waals surface area (Å²) in [5, 5.41) is 12.7. The van der Waals surface area contributed by atoms with Crippen molar-refractivity contribution in [3.05, 3.63) is 23.8 Å². The van der Waals surface area contributed by atoms with Crippen molar-refractivity contribution in [3.8, 4) is 0 Å². The first-order chi connectivity index (χ1) is 13.5. The minimum Gasteiger partial charge on any atom is -0.478 e. The third kappa shape index (κ3) is 3.63. The molecule has 1 aromatic rings. The van der Waals surface area contributed by atoms with E-state index in [4.69, 9.17) is 0 Å². The SMILES string of the molecule is CC1CCCCC1NCC(=O)N1CC(=O)N(C2CC2)c2ccc(C(=O)O)cc21. The number of nitrogens with zero attached hydrogens (tertiary/aromatic N) is 2. The molecule has 0 spiro atoms. The number of anilines is 2. The second-order valence-electron chi connectivity index (χ2n) is 8.23. The highest BCUT2D eigenvalue weighted by Gasteiger charge is 2.40. The fraction of sp³-hybridized carbons (Fsp3) is 0.571. The molecule has 3 aliphatic rings. The van der Waals surface area contributed by atoms with Crippen LogP contribution in [-0.2, 0) is 9.59 Å². The monoisotopic (exact) mass is 385 g/mol. The molecule has 2 N–H and O–H groups in total. The van der Waals surface area contributed by atoms with Gasteiger partial charge in [-0.05, 0) is 49.8 Å². The highest BCUT2D eigenvalue weighted by atomic mass is 16.4. The van der Waals surface area contributed by atoms with Gasteiger partial charge in [0.1, 0.15) is 6.54 Å². The number of carbonyl (C=O) groups is 3. The van der Waals surface area contributed by atoms with E-state index in [-0.39, 0.29) is 36.5 Å². The molecule has 2 aliphatic carbocycles. The fourth-order valence-electron chi connectivity index (χ4n) is 4.40. The van der Waals surface area contributed by atoms with Crippen LogP contribution in [0.25, 0.3) is 0 Å². The van der Waals surface area contributed by atoms with Gasteiger partial charge in [0.15, 0.2) is 0 Å². The van der Waals surface area contributed by atoms with Crippen molar-refractivity contribution in [2.45, 2.75) is 57.5 Å². The lowest BCUT2D eigenvalue weighted by Gasteiger charge is -2.37. The van der Waals surface area contributed by atoms with Crippen LogP contribution >= 0.6 is 0 Å². The van der Waals surface area contributed by atoms with E-state index in [1.165, 1.54) is 29.9 Å². The molecule has 0 bridgehead atoms. The maximum atomic E-state index is 13.0. The summed E-state index contributed by atoms with van der Waals surface area (Å²) in [5.74, 6) is -0.803. The van der Waals surface area contributed by atoms with Gasteiger partial charge in [-0.15, -0.1) is 0 Å². The maximum absolute atomic E-state index is 13.0. The summed E-state index contributed by atoms with van der Waals surface area (Å²) in [5.41, 5.74) is 1.29. The summed E-state index contributed by atoms with van der Waals surface area (Å²) < 4.78 is 0. The van der Waals surface area contributed by atoms with Gasteiger partial charge in [0.25, 0.3) is 0 Å². The molecule has 150 valence electrons. The molecule has 1 aliphatic heterocycles. The molecule has 1 aromatic carbocycles. The second-order valence-corrected chi connectivity index (χ2v) is 8.23. The Morgan fingerprint density at radius 3 is 2.57 bits per heavy atom. The first-order valence-corrected chi connectivity index (χ1v) is 10.2. The molecule has 4 rings (SSSR count). The largest absolute Gasteiger partial charge is 0.478 e. The summed E-state index contributed by atoms with van der Waals surface area (Å²) in [7, 11) is 0. The van der Waals surface area contributed by atoms with Crippen LogP contribution < -0.4 is 15.1 Å². The fourth-order valence-corrected chi connectivity index (χ4v) is 4.40. The van der Waals surface area contributed by atoms with Crippen molar-refractivity contribution < 1.29 is 19.5 Å². The number of hydrogen-bond donors (Lipinski definition) is 2. The van der Waals surface area contributed by atoms with Gasteiger partial charge in [0.2, 0.25) is 11.8 Å². The first kappa shape index (κ1) is 18.9. The Bertz CT molecular complexity index is 805. The number of benzene rings is 1. The molecule has 1 heterocycles. The van der Waals surface area contributed by atoms with Crippen molar-refractivity contribution >= 4 is 29.2 Å². The van der Waals surface area contributed by atoms with Crippen molar-refractivity contribution in [2.75, 3.05) is 22.9 Å². The Labute approximate surface area is 164 Å². The molecule has 0 saturated heterocycles. The van der Waals surface area contributed by atoms with Gasteiger partial charge in [0.05, 0.1) is 23.5 Å². The quantitative estimate of drug-likeness (QED) is 0.812. The minimum absolute atomic E-state index is 0.0344. The molecule has 7 nitrogen and oxygen atoms in total. The first-order valence-electron chi connectivity index (χ1n) is 10.2. The van der Waals surface area contributed by atoms with Crippen molar-refractivity contribution in [1.82, 2.24) is 5.32 Å². The third-order valence-electron chi connectivity index (χ3n) is 6.17. The number of carboxylic acid groups (broad SMARTS) is 1. The topological polar surface area (TPSA) is 90.0 Å². The average molecular weight is 385 g/mol. The number of fused-ring (bicyclic) bond motifs is 1. The van der Waals surface area contributed by atoms with Crippen molar-refractivity contribution in [2.24, 2.45) is 5.92 Å². The lowest BCUT2D eigenvalue weighted by Crippen LogP contribution is -2.52. The lowest BCUT2D eigenvalue weighted by atomic mass is 9.86. The Hall–Kier alpha value is -2.41. The number of carbonyl (C=O) groups excluding carboxylic acids is 2. The van der Waals surface area contributed by atoms with E-state index in [0.29, 0.717) is 23.3 Å². The Kier molecular flexibility index (Phi) is 5.10. The van der Waals surface area contributed by atoms with Gasteiger partial charge in [0, 0.05) is 12.1 Å². The molecular weight excluding hydrogens is 358 g/mol. The van der Waals surface area contributed by atoms with Crippen LogP contribution in [0.3, 0.4) is 0 Å². The summed E-state index contributed by atoms with van der Waals surface area (Å²) in [4.78, 5) is 40.3. The minimum atomic E-state index is -1.04. The Morgan fingerprint density at radius 2 is 1.89 bits per heavy atom. The average Bonchev–Trinajstić information content (AvgIpc) is 3.51. The predicted octanol–water partition coefficient (Wildman–Crippen LogP) is 2.40. The molecule has 2 unspecified atom stereocenters. The molecule has 7 heteroatoms. The lowest BCUT2D eigenvalue weighted by molar-refractivity contribution is -0.122. The van der Waals surface area contributed by atoms with E-state index in [0.717, 1.165) is 25.7 Å². The van der Waals surface area contributed by atoms with Gasteiger partial charge < -0.3 is 15.3 Å². The zero-order valence-corrected chi connectivity index (χ0v) is 16.2. The number of nitrogens with one attached hydrogen (secondary N) is 1. The summed E-state index contributed by atoms with van der Waals surface area (Å²) >= 11 is 0. The predicted molar refractivity (Wildman–Crippen MR) is 106 cm³/mol. The van der Waals surface area contributed by atoms with Crippen LogP contribution in [0, 0.1) is 5.92 Å². The zero-order valence-electron chi connectivity index (χ0n) is 16.2. The molecule has 0 radical (unpaired) electrons. The second kappa shape index (κ2) is 7.54. The standard InChI is InChI=1S/C21H27N3O4/c1-13-4-2-3-5-16(13)22-11-19(25)23-12-20(26)24(15-7-8-15)17-9-6-14(21(27)28)10-18(17)23/h6,9-10,13,15-16,22H,2-5,7-8,11-12H2,1H3,(H,27,28). The van der Waals surface area contributed by atoms with Gasteiger partial charge in [-0.3, -0.25) is 14.5 Å². The van der Waals surface area contributed by atoms with E-state index in [2.05, 4.69) is 12.2 Å². The smallest absolute Gasteiger partial charge is 0.335 e. The molecule has 2 saturated carbocycles. The highest BCUT2D eigenvalue weighted by Crippen LogP contribution is 2.41. The van der Waals surface area contributed by atoms with Crippen LogP contribution in [0.5, 0.6) is 0 Å². The van der Waals surface area contributed by atoms with Gasteiger partial charge in [-0.2, -0.15) is 0 Å². The summed E-state index contributed by atoms with van der Waals surface area (Å²) in [6.07, 6.45) is 6.51. The molecule has 0 aromatic heterocycles. The number of amides is 2. The molecule has 2 atom stereocenters. The highest BCUT2D eigenvalue weighted by molar-refractivity contribution is 6.12. The van der Waals surface area contributed by atoms with Crippen molar-refractivity contribution in [3.63, 3.8) is 0 Å². The summed E-state index contributed by atoms with van der Waals surface area (Å²) in [6, 6.07) is 5.15. The van der Waals surface area contributed by atoms with Crippen LogP contribution in [-0.4, -0.2) is 48.1 Å². The van der Waals surface area contributed by atoms with E-state index in [1.807, 2.05) is 0 Å². The molecule has 2 amide bonds. The third-order valence-corrected chi connectivity index (χ3v) is 6.17. The van der Waals surface area contributed by atoms with Crippen LogP contribution in [0.15, 0.2) is 18.2 Å². The number of carboxylic acids is 1. The zero-order chi connectivity index (χ0) is 19.8. The Morgan fingerprint density at radius 1 is 1.14 bits per heavy atom. The van der Waals surface area contributed by atoms with E-state index in [1.54, 1.807) is 11.0 Å². The summed E-state index contributed by atoms with van der Waals surface area (Å²) in [6.45, 7) is 2.32. The van der Waals surface area contributed by atoms with Crippen LogP contribution in [0.4, 0.5) is 11.4 Å². The number of hydrogen-bond acceptors (Lipinski definition) is 4. The van der Waals surface area contributed by atoms with Crippen molar-refractivity contribution in [1.29, 1.82) is 0 Å². The Balaban J connectivity index is 1.57. The number of rotatable bonds is 5. The maximum Gasteiger partial charge on any atom is 0.335 e. The van der Waals surface area contributed by atoms with E-state index in [9.17, 15) is 19.5 Å². The number of aromatic carboxylic acids is 1. The molecular formula is C21H27N3O4. The van der Waals surface area contributed by atoms with Crippen LogP contribution in [0.2, 0.25) is 0 Å². The van der Waals surface area contributed by atoms with Gasteiger partial charge in [-0.1, -0.05) is 19.8 Å². The van der Waals surface area contributed by atoms with Gasteiger partial charge in [-0.25, -0.2) is 4.79 Å². The normalized spacial score (nSPS) is 24.8.